The lowest BCUT2D eigenvalue weighted by atomic mass is 10.2. The Kier molecular flexibility index (Phi) is 5.87. The lowest BCUT2D eigenvalue weighted by Crippen LogP contribution is -2.44. The first kappa shape index (κ1) is 16.1. The van der Waals surface area contributed by atoms with Crippen LogP contribution in [0, 0.1) is 0 Å². The zero-order valence-electron chi connectivity index (χ0n) is 13.0. The number of carbonyl (C=O) groups is 1. The van der Waals surface area contributed by atoms with Gasteiger partial charge in [-0.3, -0.25) is 4.79 Å². The number of aromatic nitrogens is 1. The molecule has 1 atom stereocenters. The Hall–Kier alpha value is -1.27. The van der Waals surface area contributed by atoms with Gasteiger partial charge < -0.3 is 15.1 Å². The van der Waals surface area contributed by atoms with Crippen LogP contribution in [0.3, 0.4) is 0 Å². The van der Waals surface area contributed by atoms with Crippen molar-refractivity contribution >= 4 is 23.5 Å². The van der Waals surface area contributed by atoms with E-state index in [4.69, 9.17) is 0 Å². The van der Waals surface area contributed by atoms with Crippen LogP contribution in [0.15, 0.2) is 18.3 Å². The van der Waals surface area contributed by atoms with Gasteiger partial charge in [0.05, 0.1) is 5.25 Å². The van der Waals surface area contributed by atoms with E-state index in [1.807, 2.05) is 31.5 Å². The summed E-state index contributed by atoms with van der Waals surface area (Å²) in [5.41, 5.74) is 1.04. The Labute approximate surface area is 131 Å². The van der Waals surface area contributed by atoms with E-state index in [9.17, 15) is 4.79 Å². The highest BCUT2D eigenvalue weighted by molar-refractivity contribution is 7.99. The van der Waals surface area contributed by atoms with Gasteiger partial charge in [-0.1, -0.05) is 6.07 Å². The molecule has 2 heterocycles. The van der Waals surface area contributed by atoms with Crippen LogP contribution >= 0.6 is 11.8 Å². The third-order valence-corrected chi connectivity index (χ3v) is 4.75. The van der Waals surface area contributed by atoms with E-state index in [0.29, 0.717) is 6.54 Å². The predicted molar refractivity (Wildman–Crippen MR) is 88.8 cm³/mol. The smallest absolute Gasteiger partial charge is 0.233 e. The standard InChI is InChI=1S/C15H24N4OS/c1-12(21-3)15(20)17-11-13-4-5-14(16-10-13)19-8-6-18(2)7-9-19/h4-5,10,12H,6-9,11H2,1-3H3,(H,17,20)/t12-/m0/s1. The normalized spacial score (nSPS) is 17.6. The maximum Gasteiger partial charge on any atom is 0.233 e. The molecule has 21 heavy (non-hydrogen) atoms. The molecule has 1 aliphatic rings. The van der Waals surface area contributed by atoms with Crippen molar-refractivity contribution < 1.29 is 4.79 Å². The summed E-state index contributed by atoms with van der Waals surface area (Å²) in [4.78, 5) is 20.9. The molecule has 1 amide bonds. The number of hydrogen-bond acceptors (Lipinski definition) is 5. The molecule has 1 aliphatic heterocycles. The van der Waals surface area contributed by atoms with Gasteiger partial charge in [-0.15, -0.1) is 0 Å². The third-order valence-electron chi connectivity index (χ3n) is 3.83. The molecule has 0 radical (unpaired) electrons. The van der Waals surface area contributed by atoms with Gasteiger partial charge in [0.1, 0.15) is 5.82 Å². The molecule has 0 saturated carbocycles. The van der Waals surface area contributed by atoms with Gasteiger partial charge in [0, 0.05) is 38.9 Å². The second-order valence-corrected chi connectivity index (χ2v) is 6.59. The molecule has 0 aliphatic carbocycles. The van der Waals surface area contributed by atoms with Crippen molar-refractivity contribution in [2.24, 2.45) is 0 Å². The van der Waals surface area contributed by atoms with Crippen LogP contribution in [0.1, 0.15) is 12.5 Å². The van der Waals surface area contributed by atoms with Crippen molar-refractivity contribution in [3.05, 3.63) is 23.9 Å². The average molecular weight is 308 g/mol. The fourth-order valence-electron chi connectivity index (χ4n) is 2.18. The zero-order valence-corrected chi connectivity index (χ0v) is 13.8. The van der Waals surface area contributed by atoms with E-state index in [1.165, 1.54) is 0 Å². The number of nitrogens with one attached hydrogen (secondary N) is 1. The second-order valence-electron chi connectivity index (χ2n) is 5.41. The molecule has 1 fully saturated rings. The molecular formula is C15H24N4OS. The van der Waals surface area contributed by atoms with Gasteiger partial charge in [0.2, 0.25) is 5.91 Å². The van der Waals surface area contributed by atoms with Crippen molar-refractivity contribution in [1.29, 1.82) is 0 Å². The van der Waals surface area contributed by atoms with E-state index in [0.717, 1.165) is 37.6 Å². The Balaban J connectivity index is 1.86. The molecule has 2 rings (SSSR count). The molecule has 0 aromatic carbocycles. The minimum absolute atomic E-state index is 0.0115. The highest BCUT2D eigenvalue weighted by atomic mass is 32.2. The number of thioether (sulfide) groups is 1. The van der Waals surface area contributed by atoms with Crippen molar-refractivity contribution in [2.75, 3.05) is 44.4 Å². The van der Waals surface area contributed by atoms with E-state index in [1.54, 1.807) is 11.8 Å². The second kappa shape index (κ2) is 7.66. The lowest BCUT2D eigenvalue weighted by molar-refractivity contribution is -0.120. The molecule has 0 spiro atoms. The molecular weight excluding hydrogens is 284 g/mol. The van der Waals surface area contributed by atoms with Crippen molar-refractivity contribution in [3.8, 4) is 0 Å². The largest absolute Gasteiger partial charge is 0.354 e. The van der Waals surface area contributed by atoms with Gasteiger partial charge in [0.15, 0.2) is 0 Å². The Morgan fingerprint density at radius 3 is 2.67 bits per heavy atom. The SMILES string of the molecule is CS[C@@H](C)C(=O)NCc1ccc(N2CCN(C)CC2)nc1. The van der Waals surface area contributed by atoms with E-state index in [2.05, 4.69) is 27.1 Å². The van der Waals surface area contributed by atoms with Crippen LogP contribution in [0.25, 0.3) is 0 Å². The summed E-state index contributed by atoms with van der Waals surface area (Å²) in [6, 6.07) is 4.09. The Bertz CT molecular complexity index is 457. The number of hydrogen-bond donors (Lipinski definition) is 1. The maximum absolute atomic E-state index is 11.7. The van der Waals surface area contributed by atoms with E-state index in [-0.39, 0.29) is 11.2 Å². The number of carbonyl (C=O) groups excluding carboxylic acids is 1. The first-order chi connectivity index (χ1) is 10.1. The quantitative estimate of drug-likeness (QED) is 0.886. The van der Waals surface area contributed by atoms with Crippen LogP contribution in [0.5, 0.6) is 0 Å². The number of anilines is 1. The van der Waals surface area contributed by atoms with Crippen LogP contribution in [-0.4, -0.2) is 60.5 Å². The highest BCUT2D eigenvalue weighted by Crippen LogP contribution is 2.13. The minimum atomic E-state index is -0.0115. The summed E-state index contributed by atoms with van der Waals surface area (Å²) in [6.07, 6.45) is 3.80. The van der Waals surface area contributed by atoms with Gasteiger partial charge in [-0.05, 0) is 31.9 Å². The monoisotopic (exact) mass is 308 g/mol. The van der Waals surface area contributed by atoms with Gasteiger partial charge >= 0.3 is 0 Å². The Morgan fingerprint density at radius 2 is 2.10 bits per heavy atom. The molecule has 0 bridgehead atoms. The summed E-state index contributed by atoms with van der Waals surface area (Å²) in [6.45, 7) is 6.64. The molecule has 1 N–H and O–H groups in total. The molecule has 0 unspecified atom stereocenters. The highest BCUT2D eigenvalue weighted by Gasteiger charge is 2.15. The summed E-state index contributed by atoms with van der Waals surface area (Å²) < 4.78 is 0. The fourth-order valence-corrected chi connectivity index (χ4v) is 2.48. The van der Waals surface area contributed by atoms with Crippen LogP contribution in [-0.2, 0) is 11.3 Å². The summed E-state index contributed by atoms with van der Waals surface area (Å²) >= 11 is 1.55. The molecule has 1 aromatic heterocycles. The summed E-state index contributed by atoms with van der Waals surface area (Å²) in [5.74, 6) is 1.10. The van der Waals surface area contributed by atoms with Crippen molar-refractivity contribution in [2.45, 2.75) is 18.7 Å². The Morgan fingerprint density at radius 1 is 1.38 bits per heavy atom. The average Bonchev–Trinajstić information content (AvgIpc) is 2.53. The van der Waals surface area contributed by atoms with Crippen LogP contribution in [0.4, 0.5) is 5.82 Å². The number of nitrogens with zero attached hydrogens (tertiary/aromatic N) is 3. The van der Waals surface area contributed by atoms with Gasteiger partial charge in [-0.25, -0.2) is 4.98 Å². The molecule has 1 saturated heterocycles. The van der Waals surface area contributed by atoms with Crippen molar-refractivity contribution in [1.82, 2.24) is 15.2 Å². The number of amides is 1. The number of piperazine rings is 1. The number of rotatable bonds is 5. The van der Waals surface area contributed by atoms with E-state index < -0.39 is 0 Å². The number of likely N-dealkylation sites (N-methyl/N-ethyl adjacent to an activating group) is 1. The first-order valence-electron chi connectivity index (χ1n) is 7.29. The first-order valence-corrected chi connectivity index (χ1v) is 8.58. The van der Waals surface area contributed by atoms with E-state index >= 15 is 0 Å². The molecule has 1 aromatic rings. The predicted octanol–water partition coefficient (Wildman–Crippen LogP) is 1.20. The van der Waals surface area contributed by atoms with Gasteiger partial charge in [0.25, 0.3) is 0 Å². The number of pyridine rings is 1. The summed E-state index contributed by atoms with van der Waals surface area (Å²) in [5, 5.41) is 2.92. The maximum atomic E-state index is 11.7. The van der Waals surface area contributed by atoms with Crippen molar-refractivity contribution in [3.63, 3.8) is 0 Å². The zero-order chi connectivity index (χ0) is 15.2. The topological polar surface area (TPSA) is 48.5 Å². The van der Waals surface area contributed by atoms with Crippen LogP contribution in [0.2, 0.25) is 0 Å². The molecule has 116 valence electrons. The fraction of sp³-hybridized carbons (Fsp3) is 0.600. The minimum Gasteiger partial charge on any atom is -0.354 e. The lowest BCUT2D eigenvalue weighted by Gasteiger charge is -2.33. The third kappa shape index (κ3) is 4.61. The molecule has 6 heteroatoms. The van der Waals surface area contributed by atoms with Gasteiger partial charge in [-0.2, -0.15) is 11.8 Å². The molecule has 5 nitrogen and oxygen atoms in total. The van der Waals surface area contributed by atoms with Crippen LogP contribution < -0.4 is 10.2 Å². The summed E-state index contributed by atoms with van der Waals surface area (Å²) in [7, 11) is 2.14.